The third-order valence-corrected chi connectivity index (χ3v) is 6.15. The Morgan fingerprint density at radius 2 is 1.70 bits per heavy atom. The number of nitrogens with one attached hydrogen (secondary N) is 2. The fourth-order valence-electron chi connectivity index (χ4n) is 4.08. The van der Waals surface area contributed by atoms with E-state index in [2.05, 4.69) is 15.6 Å². The molecule has 0 aliphatic heterocycles. The molecule has 0 bridgehead atoms. The highest BCUT2D eigenvalue weighted by Gasteiger charge is 2.29. The molecule has 2 aromatic rings. The van der Waals surface area contributed by atoms with Crippen molar-refractivity contribution in [2.75, 3.05) is 19.6 Å². The quantitative estimate of drug-likeness (QED) is 0.408. The maximum absolute atomic E-state index is 12.9. The number of aromatic nitrogens is 1. The Morgan fingerprint density at radius 1 is 1.00 bits per heavy atom. The molecule has 0 unspecified atom stereocenters. The van der Waals surface area contributed by atoms with Gasteiger partial charge in [0.05, 0.1) is 0 Å². The molecule has 1 aliphatic carbocycles. The molecule has 3 rings (SSSR count). The number of ether oxygens (including phenoxy) is 1. The molecule has 1 aromatic heterocycles. The molecule has 1 aromatic carbocycles. The highest BCUT2D eigenvalue weighted by atomic mass is 16.5. The molecule has 1 saturated carbocycles. The van der Waals surface area contributed by atoms with Gasteiger partial charge in [-0.25, -0.2) is 0 Å². The number of rotatable bonds is 11. The maximum Gasteiger partial charge on any atom is 0.242 e. The van der Waals surface area contributed by atoms with E-state index in [9.17, 15) is 9.59 Å². The number of benzene rings is 1. The second-order valence-electron chi connectivity index (χ2n) is 8.59. The van der Waals surface area contributed by atoms with E-state index >= 15 is 0 Å². The van der Waals surface area contributed by atoms with Crippen molar-refractivity contribution in [3.63, 3.8) is 0 Å². The van der Waals surface area contributed by atoms with Crippen molar-refractivity contribution in [2.24, 2.45) is 23.3 Å². The molecule has 0 radical (unpaired) electrons. The van der Waals surface area contributed by atoms with E-state index < -0.39 is 6.04 Å². The Balaban J connectivity index is 1.58. The van der Waals surface area contributed by atoms with Gasteiger partial charge < -0.3 is 26.8 Å². The minimum atomic E-state index is -0.653. The van der Waals surface area contributed by atoms with Crippen LogP contribution in [0.5, 0.6) is 5.75 Å². The number of pyridine rings is 1. The topological polar surface area (TPSA) is 132 Å². The van der Waals surface area contributed by atoms with Crippen molar-refractivity contribution in [3.05, 3.63) is 59.9 Å². The van der Waals surface area contributed by atoms with Crippen LogP contribution in [0.2, 0.25) is 0 Å². The zero-order chi connectivity index (χ0) is 23.5. The molecule has 0 spiro atoms. The second kappa shape index (κ2) is 12.9. The Kier molecular flexibility index (Phi) is 9.65. The summed E-state index contributed by atoms with van der Waals surface area (Å²) in [6.45, 7) is 1.84. The average molecular weight is 454 g/mol. The van der Waals surface area contributed by atoms with Crippen molar-refractivity contribution in [3.8, 4) is 5.75 Å². The summed E-state index contributed by atoms with van der Waals surface area (Å²) in [6.07, 6.45) is 7.40. The molecule has 33 heavy (non-hydrogen) atoms. The molecular weight excluding hydrogens is 418 g/mol. The van der Waals surface area contributed by atoms with Gasteiger partial charge in [0.2, 0.25) is 11.8 Å². The highest BCUT2D eigenvalue weighted by Crippen LogP contribution is 2.28. The van der Waals surface area contributed by atoms with Crippen molar-refractivity contribution < 1.29 is 14.3 Å². The Hall–Kier alpha value is -2.97. The smallest absolute Gasteiger partial charge is 0.242 e. The van der Waals surface area contributed by atoms with Gasteiger partial charge in [-0.15, -0.1) is 0 Å². The predicted molar refractivity (Wildman–Crippen MR) is 127 cm³/mol. The lowest BCUT2D eigenvalue weighted by atomic mass is 9.81. The summed E-state index contributed by atoms with van der Waals surface area (Å²) in [7, 11) is 0. The summed E-state index contributed by atoms with van der Waals surface area (Å²) in [5.74, 6) is 0.886. The fourth-order valence-corrected chi connectivity index (χ4v) is 4.08. The van der Waals surface area contributed by atoms with Crippen LogP contribution in [0.15, 0.2) is 48.8 Å². The lowest BCUT2D eigenvalue weighted by Gasteiger charge is -2.28. The molecule has 1 atom stereocenters. The van der Waals surface area contributed by atoms with Crippen molar-refractivity contribution in [1.82, 2.24) is 15.6 Å². The van der Waals surface area contributed by atoms with Crippen LogP contribution in [0.4, 0.5) is 0 Å². The summed E-state index contributed by atoms with van der Waals surface area (Å²) in [5, 5.41) is 5.78. The third-order valence-electron chi connectivity index (χ3n) is 6.15. The monoisotopic (exact) mass is 453 g/mol. The molecule has 1 heterocycles. The first-order chi connectivity index (χ1) is 16.1. The SMILES string of the molecule is NCCNC(=O)[C@H](Cc1ccc(OCc2ccncc2)cc1)NC(=O)C1CCC(CN)CC1. The van der Waals surface area contributed by atoms with Crippen LogP contribution in [0.1, 0.15) is 36.8 Å². The van der Waals surface area contributed by atoms with Gasteiger partial charge in [-0.05, 0) is 73.5 Å². The van der Waals surface area contributed by atoms with Gasteiger partial charge in [0.25, 0.3) is 0 Å². The van der Waals surface area contributed by atoms with Gasteiger partial charge in [0, 0.05) is 37.8 Å². The summed E-state index contributed by atoms with van der Waals surface area (Å²) >= 11 is 0. The van der Waals surface area contributed by atoms with Crippen molar-refractivity contribution in [2.45, 2.75) is 44.8 Å². The standard InChI is InChI=1S/C25H35N5O3/c26-11-14-29-25(32)23(30-24(31)21-5-1-19(16-27)2-6-21)15-18-3-7-22(8-4-18)33-17-20-9-12-28-13-10-20/h3-4,7-10,12-13,19,21,23H,1-2,5-6,11,14-17,26-27H2,(H,29,32)(H,30,31)/t19?,21?,23-/m0/s1. The number of hydrogen-bond acceptors (Lipinski definition) is 6. The number of amides is 2. The first-order valence-corrected chi connectivity index (χ1v) is 11.7. The largest absolute Gasteiger partial charge is 0.489 e. The van der Waals surface area contributed by atoms with Gasteiger partial charge in [0.15, 0.2) is 0 Å². The molecule has 1 aliphatic rings. The minimum absolute atomic E-state index is 0.0596. The van der Waals surface area contributed by atoms with E-state index in [4.69, 9.17) is 16.2 Å². The van der Waals surface area contributed by atoms with E-state index in [1.165, 1.54) is 0 Å². The van der Waals surface area contributed by atoms with Gasteiger partial charge in [0.1, 0.15) is 18.4 Å². The Morgan fingerprint density at radius 3 is 2.33 bits per heavy atom. The lowest BCUT2D eigenvalue weighted by Crippen LogP contribution is -2.50. The van der Waals surface area contributed by atoms with Gasteiger partial charge in [-0.1, -0.05) is 12.1 Å². The zero-order valence-corrected chi connectivity index (χ0v) is 19.0. The fraction of sp³-hybridized carbons (Fsp3) is 0.480. The zero-order valence-electron chi connectivity index (χ0n) is 19.0. The highest BCUT2D eigenvalue weighted by molar-refractivity contribution is 5.88. The third kappa shape index (κ3) is 7.83. The number of carbonyl (C=O) groups is 2. The summed E-state index contributed by atoms with van der Waals surface area (Å²) < 4.78 is 5.81. The molecule has 2 amide bonds. The van der Waals surface area contributed by atoms with E-state index in [-0.39, 0.29) is 17.7 Å². The maximum atomic E-state index is 12.9. The first-order valence-electron chi connectivity index (χ1n) is 11.7. The second-order valence-corrected chi connectivity index (χ2v) is 8.59. The first kappa shape index (κ1) is 24.7. The summed E-state index contributed by atoms with van der Waals surface area (Å²) in [5.41, 5.74) is 13.3. The van der Waals surface area contributed by atoms with Crippen LogP contribution in [-0.2, 0) is 22.6 Å². The lowest BCUT2D eigenvalue weighted by molar-refractivity contribution is -0.131. The molecule has 8 nitrogen and oxygen atoms in total. The molecule has 1 fully saturated rings. The number of nitrogens with zero attached hydrogens (tertiary/aromatic N) is 1. The average Bonchev–Trinajstić information content (AvgIpc) is 2.87. The van der Waals surface area contributed by atoms with Gasteiger partial charge in [-0.2, -0.15) is 0 Å². The van der Waals surface area contributed by atoms with Crippen LogP contribution < -0.4 is 26.8 Å². The van der Waals surface area contributed by atoms with E-state index in [0.29, 0.717) is 38.6 Å². The van der Waals surface area contributed by atoms with Gasteiger partial charge >= 0.3 is 0 Å². The summed E-state index contributed by atoms with van der Waals surface area (Å²) in [4.78, 5) is 29.6. The number of carbonyl (C=O) groups excluding carboxylic acids is 2. The number of nitrogens with two attached hydrogens (primary N) is 2. The number of hydrogen-bond donors (Lipinski definition) is 4. The normalized spacial score (nSPS) is 18.8. The molecule has 0 saturated heterocycles. The van der Waals surface area contributed by atoms with Crippen molar-refractivity contribution >= 4 is 11.8 Å². The molecule has 8 heteroatoms. The van der Waals surface area contributed by atoms with Crippen LogP contribution in [-0.4, -0.2) is 42.5 Å². The van der Waals surface area contributed by atoms with Crippen LogP contribution in [0, 0.1) is 11.8 Å². The van der Waals surface area contributed by atoms with Crippen LogP contribution in [0.25, 0.3) is 0 Å². The Labute approximate surface area is 195 Å². The van der Waals surface area contributed by atoms with Crippen LogP contribution >= 0.6 is 0 Å². The minimum Gasteiger partial charge on any atom is -0.489 e. The van der Waals surface area contributed by atoms with E-state index in [0.717, 1.165) is 42.6 Å². The molecule has 178 valence electrons. The van der Waals surface area contributed by atoms with E-state index in [1.54, 1.807) is 12.4 Å². The molecular formula is C25H35N5O3. The van der Waals surface area contributed by atoms with E-state index in [1.807, 2.05) is 36.4 Å². The van der Waals surface area contributed by atoms with Crippen molar-refractivity contribution in [1.29, 1.82) is 0 Å². The van der Waals surface area contributed by atoms with Crippen LogP contribution in [0.3, 0.4) is 0 Å². The summed E-state index contributed by atoms with van der Waals surface area (Å²) in [6, 6.07) is 10.8. The Bertz CT molecular complexity index is 867. The molecule has 6 N–H and O–H groups in total. The van der Waals surface area contributed by atoms with Gasteiger partial charge in [-0.3, -0.25) is 14.6 Å². The predicted octanol–water partition coefficient (Wildman–Crippen LogP) is 1.53.